The van der Waals surface area contributed by atoms with E-state index >= 15 is 0 Å². The molecule has 1 unspecified atom stereocenters. The number of ether oxygens (including phenoxy) is 1. The highest BCUT2D eigenvalue weighted by Crippen LogP contribution is 2.19. The minimum Gasteiger partial charge on any atom is -0.419 e. The molecule has 1 aliphatic rings. The first-order valence-electron chi connectivity index (χ1n) is 6.20. The van der Waals surface area contributed by atoms with E-state index in [-0.39, 0.29) is 17.0 Å². The summed E-state index contributed by atoms with van der Waals surface area (Å²) in [7, 11) is 0. The number of hydrogen-bond donors (Lipinski definition) is 0. The highest BCUT2D eigenvalue weighted by atomic mass is 16.6. The number of amides is 1. The van der Waals surface area contributed by atoms with Gasteiger partial charge >= 0.3 is 17.9 Å². The lowest BCUT2D eigenvalue weighted by molar-refractivity contribution is -0.501. The number of aliphatic imine (C=N–C) groups is 1. The molecule has 1 aromatic rings. The summed E-state index contributed by atoms with van der Waals surface area (Å²) in [6.07, 6.45) is 1.12. The van der Waals surface area contributed by atoms with Gasteiger partial charge in [-0.2, -0.15) is 0 Å². The average molecular weight is 319 g/mol. The van der Waals surface area contributed by atoms with Crippen LogP contribution in [0.3, 0.4) is 0 Å². The fraction of sp³-hybridized carbons (Fsp3) is 0.154. The second-order valence-electron chi connectivity index (χ2n) is 4.52. The van der Waals surface area contributed by atoms with Crippen LogP contribution in [-0.4, -0.2) is 33.5 Å². The van der Waals surface area contributed by atoms with Gasteiger partial charge in [-0.1, -0.05) is 0 Å². The van der Waals surface area contributed by atoms with E-state index in [4.69, 9.17) is 4.74 Å². The lowest BCUT2D eigenvalue weighted by Gasteiger charge is -2.14. The van der Waals surface area contributed by atoms with Crippen LogP contribution < -0.4 is 0 Å². The van der Waals surface area contributed by atoms with Crippen LogP contribution >= 0.6 is 0 Å². The predicted octanol–water partition coefficient (Wildman–Crippen LogP) is 1.28. The first-order chi connectivity index (χ1) is 10.8. The van der Waals surface area contributed by atoms with Crippen LogP contribution in [0.2, 0.25) is 0 Å². The number of allylic oxidation sites excluding steroid dienone is 1. The van der Waals surface area contributed by atoms with Gasteiger partial charge in [0.1, 0.15) is 0 Å². The van der Waals surface area contributed by atoms with Crippen molar-refractivity contribution in [1.82, 2.24) is 0 Å². The SMILES string of the molecule is CC1=NC(=O)C([N+](=O)[O-])C(OC(=O)c2ccc([N+](=O)[O-])cc2)=C1. The Kier molecular flexibility index (Phi) is 4.25. The first kappa shape index (κ1) is 15.9. The van der Waals surface area contributed by atoms with E-state index in [2.05, 4.69) is 4.99 Å². The van der Waals surface area contributed by atoms with Crippen LogP contribution in [0.15, 0.2) is 41.1 Å². The van der Waals surface area contributed by atoms with Crippen molar-refractivity contribution >= 4 is 23.3 Å². The molecule has 0 aromatic heterocycles. The maximum Gasteiger partial charge on any atom is 0.348 e. The van der Waals surface area contributed by atoms with E-state index in [1.54, 1.807) is 0 Å². The topological polar surface area (TPSA) is 142 Å². The molecule has 0 N–H and O–H groups in total. The Labute approximate surface area is 128 Å². The number of carbonyl (C=O) groups is 2. The molecule has 118 valence electrons. The maximum atomic E-state index is 12.0. The largest absolute Gasteiger partial charge is 0.419 e. The molecule has 23 heavy (non-hydrogen) atoms. The van der Waals surface area contributed by atoms with Crippen LogP contribution in [0.25, 0.3) is 0 Å². The van der Waals surface area contributed by atoms with Gasteiger partial charge in [0.15, 0.2) is 5.76 Å². The Morgan fingerprint density at radius 1 is 1.22 bits per heavy atom. The highest BCUT2D eigenvalue weighted by Gasteiger charge is 2.39. The van der Waals surface area contributed by atoms with Crippen LogP contribution in [0.1, 0.15) is 17.3 Å². The smallest absolute Gasteiger partial charge is 0.348 e. The Hall–Kier alpha value is -3.43. The average Bonchev–Trinajstić information content (AvgIpc) is 2.46. The zero-order chi connectivity index (χ0) is 17.1. The third-order valence-corrected chi connectivity index (χ3v) is 2.88. The Bertz CT molecular complexity index is 764. The highest BCUT2D eigenvalue weighted by molar-refractivity contribution is 6.06. The summed E-state index contributed by atoms with van der Waals surface area (Å²) in [5, 5.41) is 21.5. The normalized spacial score (nSPS) is 17.1. The number of carbonyl (C=O) groups excluding carboxylic acids is 2. The summed E-state index contributed by atoms with van der Waals surface area (Å²) in [4.78, 5) is 46.9. The number of rotatable bonds is 4. The van der Waals surface area contributed by atoms with Crippen LogP contribution in [0, 0.1) is 20.2 Å². The van der Waals surface area contributed by atoms with Gasteiger partial charge in [0.05, 0.1) is 10.5 Å². The monoisotopic (exact) mass is 319 g/mol. The molecule has 1 aromatic carbocycles. The quantitative estimate of drug-likeness (QED) is 0.462. The minimum atomic E-state index is -1.89. The van der Waals surface area contributed by atoms with Crippen molar-refractivity contribution in [2.45, 2.75) is 13.0 Å². The van der Waals surface area contributed by atoms with E-state index < -0.39 is 33.5 Å². The zero-order valence-electron chi connectivity index (χ0n) is 11.7. The number of nitrogens with zero attached hydrogens (tertiary/aromatic N) is 3. The molecule has 1 aliphatic heterocycles. The van der Waals surface area contributed by atoms with Crippen molar-refractivity contribution in [2.75, 3.05) is 0 Å². The Morgan fingerprint density at radius 3 is 2.35 bits per heavy atom. The van der Waals surface area contributed by atoms with E-state index in [1.165, 1.54) is 6.92 Å². The number of benzene rings is 1. The molecule has 1 heterocycles. The van der Waals surface area contributed by atoms with E-state index in [9.17, 15) is 29.8 Å². The third-order valence-electron chi connectivity index (χ3n) is 2.88. The second kappa shape index (κ2) is 6.13. The van der Waals surface area contributed by atoms with Crippen LogP contribution in [0.5, 0.6) is 0 Å². The molecule has 0 saturated carbocycles. The van der Waals surface area contributed by atoms with Crippen molar-refractivity contribution < 1.29 is 24.2 Å². The van der Waals surface area contributed by atoms with Crippen LogP contribution in [0.4, 0.5) is 5.69 Å². The van der Waals surface area contributed by atoms with Gasteiger partial charge in [-0.15, -0.1) is 0 Å². The van der Waals surface area contributed by atoms with Gasteiger partial charge in [-0.25, -0.2) is 9.79 Å². The van der Waals surface area contributed by atoms with Gasteiger partial charge in [0.25, 0.3) is 5.69 Å². The van der Waals surface area contributed by atoms with Crippen molar-refractivity contribution in [2.24, 2.45) is 4.99 Å². The zero-order valence-corrected chi connectivity index (χ0v) is 11.7. The van der Waals surface area contributed by atoms with Crippen molar-refractivity contribution in [3.63, 3.8) is 0 Å². The molecule has 0 fully saturated rings. The predicted molar refractivity (Wildman–Crippen MR) is 75.5 cm³/mol. The van der Waals surface area contributed by atoms with Crippen molar-refractivity contribution in [3.05, 3.63) is 61.9 Å². The summed E-state index contributed by atoms with van der Waals surface area (Å²) < 4.78 is 4.90. The molecular weight excluding hydrogens is 310 g/mol. The van der Waals surface area contributed by atoms with E-state index in [0.29, 0.717) is 0 Å². The number of non-ortho nitro benzene ring substituents is 1. The van der Waals surface area contributed by atoms with Gasteiger partial charge in [-0.3, -0.25) is 25.0 Å². The van der Waals surface area contributed by atoms with E-state index in [1.807, 2.05) is 0 Å². The fourth-order valence-corrected chi connectivity index (χ4v) is 1.84. The molecule has 0 radical (unpaired) electrons. The molecule has 10 nitrogen and oxygen atoms in total. The molecular formula is C13H9N3O7. The number of nitro benzene ring substituents is 1. The standard InChI is InChI=1S/C13H9N3O7/c1-7-6-10(11(16(21)22)12(17)14-7)23-13(18)8-2-4-9(5-3-8)15(19)20/h2-6,11H,1H3. The molecule has 0 saturated heterocycles. The Morgan fingerprint density at radius 2 is 1.83 bits per heavy atom. The molecule has 10 heteroatoms. The Balaban J connectivity index is 2.24. The van der Waals surface area contributed by atoms with E-state index in [0.717, 1.165) is 30.3 Å². The van der Waals surface area contributed by atoms with Crippen LogP contribution in [-0.2, 0) is 9.53 Å². The number of dihydropyridines is 1. The first-order valence-corrected chi connectivity index (χ1v) is 6.20. The summed E-state index contributed by atoms with van der Waals surface area (Å²) in [5.41, 5.74) is -0.106. The van der Waals surface area contributed by atoms with Gasteiger partial charge in [0.2, 0.25) is 0 Å². The second-order valence-corrected chi connectivity index (χ2v) is 4.52. The lowest BCUT2D eigenvalue weighted by Crippen LogP contribution is -2.35. The lowest BCUT2D eigenvalue weighted by atomic mass is 10.1. The number of nitro groups is 2. The molecule has 1 atom stereocenters. The maximum absolute atomic E-state index is 12.0. The summed E-state index contributed by atoms with van der Waals surface area (Å²) >= 11 is 0. The molecule has 0 bridgehead atoms. The van der Waals surface area contributed by atoms with Gasteiger partial charge in [-0.05, 0) is 19.1 Å². The molecule has 0 aliphatic carbocycles. The molecule has 1 amide bonds. The fourth-order valence-electron chi connectivity index (χ4n) is 1.84. The molecule has 2 rings (SSSR count). The number of hydrogen-bond acceptors (Lipinski definition) is 7. The summed E-state index contributed by atoms with van der Waals surface area (Å²) in [6.45, 7) is 1.42. The van der Waals surface area contributed by atoms with Crippen molar-refractivity contribution in [1.29, 1.82) is 0 Å². The summed E-state index contributed by atoms with van der Waals surface area (Å²) in [6, 6.07) is 2.59. The summed E-state index contributed by atoms with van der Waals surface area (Å²) in [5.74, 6) is -2.46. The molecule has 0 spiro atoms. The number of esters is 1. The third kappa shape index (κ3) is 3.43. The van der Waals surface area contributed by atoms with Gasteiger partial charge in [0, 0.05) is 28.8 Å². The van der Waals surface area contributed by atoms with Crippen molar-refractivity contribution in [3.8, 4) is 0 Å². The minimum absolute atomic E-state index is 0.0498. The van der Waals surface area contributed by atoms with Gasteiger partial charge < -0.3 is 4.74 Å².